The summed E-state index contributed by atoms with van der Waals surface area (Å²) >= 11 is 0. The van der Waals surface area contributed by atoms with E-state index in [0.29, 0.717) is 22.6 Å². The van der Waals surface area contributed by atoms with Crippen LogP contribution in [0.15, 0.2) is 94.7 Å². The monoisotopic (exact) mass is 520 g/mol. The molecule has 0 atom stereocenters. The molecule has 37 heavy (non-hydrogen) atoms. The van der Waals surface area contributed by atoms with Crippen LogP contribution in [-0.2, 0) is 9.84 Å². The van der Waals surface area contributed by atoms with Gasteiger partial charge >= 0.3 is 0 Å². The van der Waals surface area contributed by atoms with Crippen molar-refractivity contribution in [1.82, 2.24) is 0 Å². The number of hydrogen-bond donors (Lipinski definition) is 0. The summed E-state index contributed by atoms with van der Waals surface area (Å²) in [5.74, 6) is 0.626. The molecule has 0 aromatic heterocycles. The van der Waals surface area contributed by atoms with E-state index in [9.17, 15) is 28.6 Å². The second kappa shape index (κ2) is 10.1. The Morgan fingerprint density at radius 3 is 1.32 bits per heavy atom. The first-order valence-electron chi connectivity index (χ1n) is 10.8. The Balaban J connectivity index is 2.06. The highest BCUT2D eigenvalue weighted by Gasteiger charge is 2.30. The molecule has 0 fully saturated rings. The molecule has 0 saturated carbocycles. The Hall–Kier alpha value is -4.77. The normalized spacial score (nSPS) is 11.1. The van der Waals surface area contributed by atoms with E-state index in [2.05, 4.69) is 0 Å². The first-order valence-corrected chi connectivity index (χ1v) is 12.3. The van der Waals surface area contributed by atoms with E-state index >= 15 is 0 Å². The Bertz CT molecular complexity index is 1520. The summed E-state index contributed by atoms with van der Waals surface area (Å²) in [7, 11) is -1.58. The zero-order valence-corrected chi connectivity index (χ0v) is 20.5. The number of methoxy groups -OCH3 is 2. The van der Waals surface area contributed by atoms with Crippen molar-refractivity contribution in [3.63, 3.8) is 0 Å². The van der Waals surface area contributed by atoms with Crippen molar-refractivity contribution in [3.05, 3.63) is 105 Å². The van der Waals surface area contributed by atoms with Gasteiger partial charge in [0.25, 0.3) is 11.4 Å². The van der Waals surface area contributed by atoms with Crippen molar-refractivity contribution in [1.29, 1.82) is 0 Å². The molecule has 0 amide bonds. The minimum absolute atomic E-state index is 0.0518. The number of nitro groups is 2. The summed E-state index contributed by atoms with van der Waals surface area (Å²) < 4.78 is 39.1. The first-order chi connectivity index (χ1) is 17.7. The van der Waals surface area contributed by atoms with Gasteiger partial charge in [-0.25, -0.2) is 8.42 Å². The van der Waals surface area contributed by atoms with Crippen LogP contribution in [0.25, 0.3) is 22.3 Å². The first kappa shape index (κ1) is 25.3. The van der Waals surface area contributed by atoms with E-state index in [1.807, 2.05) is 0 Å². The lowest BCUT2D eigenvalue weighted by atomic mass is 10.0. The van der Waals surface area contributed by atoms with E-state index < -0.39 is 19.7 Å². The third-order valence-corrected chi connectivity index (χ3v) is 7.59. The fourth-order valence-corrected chi connectivity index (χ4v) is 5.65. The number of nitrogens with zero attached hydrogens (tertiary/aromatic N) is 2. The maximum atomic E-state index is 14.2. The molecule has 10 nitrogen and oxygen atoms in total. The molecule has 4 rings (SSSR count). The topological polar surface area (TPSA) is 139 Å². The van der Waals surface area contributed by atoms with Crippen LogP contribution in [0.4, 0.5) is 11.4 Å². The lowest BCUT2D eigenvalue weighted by molar-refractivity contribution is -0.385. The minimum Gasteiger partial charge on any atom is -0.496 e. The molecular weight excluding hydrogens is 500 g/mol. The van der Waals surface area contributed by atoms with Crippen LogP contribution in [0.3, 0.4) is 0 Å². The quantitative estimate of drug-likeness (QED) is 0.213. The number of para-hydroxylation sites is 2. The SMILES string of the molecule is COc1ccccc1-c1cc([N+](=O)[O-])ccc1S(=O)(=O)c1ccc([N+](=O)[O-])cc1-c1ccccc1OC. The van der Waals surface area contributed by atoms with Gasteiger partial charge in [0.2, 0.25) is 9.84 Å². The van der Waals surface area contributed by atoms with Crippen LogP contribution in [-0.4, -0.2) is 32.5 Å². The average Bonchev–Trinajstić information content (AvgIpc) is 2.92. The predicted molar refractivity (Wildman–Crippen MR) is 136 cm³/mol. The summed E-state index contributed by atoms with van der Waals surface area (Å²) in [5, 5.41) is 23.1. The number of benzene rings is 4. The largest absolute Gasteiger partial charge is 0.496 e. The molecule has 0 aliphatic carbocycles. The molecule has 0 N–H and O–H groups in total. The van der Waals surface area contributed by atoms with Crippen molar-refractivity contribution in [3.8, 4) is 33.8 Å². The second-order valence-corrected chi connectivity index (χ2v) is 9.67. The van der Waals surface area contributed by atoms with Crippen LogP contribution in [0.1, 0.15) is 0 Å². The number of ether oxygens (including phenoxy) is 2. The van der Waals surface area contributed by atoms with Gasteiger partial charge < -0.3 is 9.47 Å². The second-order valence-electron chi connectivity index (χ2n) is 7.78. The maximum absolute atomic E-state index is 14.2. The highest BCUT2D eigenvalue weighted by Crippen LogP contribution is 2.43. The van der Waals surface area contributed by atoms with Gasteiger partial charge in [-0.3, -0.25) is 20.2 Å². The molecule has 0 saturated heterocycles. The Kier molecular flexibility index (Phi) is 6.89. The maximum Gasteiger partial charge on any atom is 0.270 e. The molecule has 0 aliphatic rings. The molecule has 0 unspecified atom stereocenters. The van der Waals surface area contributed by atoms with Crippen molar-refractivity contribution >= 4 is 21.2 Å². The molecule has 4 aromatic rings. The third-order valence-electron chi connectivity index (χ3n) is 5.72. The van der Waals surface area contributed by atoms with Crippen molar-refractivity contribution in [2.45, 2.75) is 9.79 Å². The van der Waals surface area contributed by atoms with Crippen molar-refractivity contribution in [2.24, 2.45) is 0 Å². The smallest absolute Gasteiger partial charge is 0.270 e. The minimum atomic E-state index is -4.39. The van der Waals surface area contributed by atoms with Gasteiger partial charge in [-0.05, 0) is 24.3 Å². The zero-order chi connectivity index (χ0) is 26.7. The molecule has 0 heterocycles. The highest BCUT2D eigenvalue weighted by molar-refractivity contribution is 7.91. The van der Waals surface area contributed by atoms with Gasteiger partial charge in [0.05, 0.1) is 33.9 Å². The Morgan fingerprint density at radius 1 is 0.595 bits per heavy atom. The fourth-order valence-electron chi connectivity index (χ4n) is 4.01. The lowest BCUT2D eigenvalue weighted by Crippen LogP contribution is -2.08. The highest BCUT2D eigenvalue weighted by atomic mass is 32.2. The molecule has 188 valence electrons. The van der Waals surface area contributed by atoms with Crippen LogP contribution >= 0.6 is 0 Å². The summed E-state index contributed by atoms with van der Waals surface area (Å²) in [4.78, 5) is 21.4. The molecule has 0 spiro atoms. The number of hydrogen-bond acceptors (Lipinski definition) is 8. The molecule has 0 radical (unpaired) electrons. The predicted octanol–water partition coefficient (Wildman–Crippen LogP) is 5.69. The number of rotatable bonds is 8. The zero-order valence-electron chi connectivity index (χ0n) is 19.7. The Morgan fingerprint density at radius 2 is 0.973 bits per heavy atom. The van der Waals surface area contributed by atoms with Crippen LogP contribution in [0.2, 0.25) is 0 Å². The van der Waals surface area contributed by atoms with E-state index in [0.717, 1.165) is 24.3 Å². The van der Waals surface area contributed by atoms with Gasteiger partial charge in [-0.2, -0.15) is 0 Å². The molecule has 4 aromatic carbocycles. The van der Waals surface area contributed by atoms with E-state index in [-0.39, 0.29) is 32.3 Å². The third kappa shape index (κ3) is 4.71. The summed E-state index contributed by atoms with van der Waals surface area (Å²) in [5.41, 5.74) is 0.134. The van der Waals surface area contributed by atoms with Crippen molar-refractivity contribution < 1.29 is 27.7 Å². The Labute approximate surface area is 211 Å². The number of sulfone groups is 1. The van der Waals surface area contributed by atoms with Crippen LogP contribution in [0.5, 0.6) is 11.5 Å². The van der Waals surface area contributed by atoms with Gasteiger partial charge in [-0.1, -0.05) is 36.4 Å². The van der Waals surface area contributed by atoms with E-state index in [1.165, 1.54) is 26.4 Å². The van der Waals surface area contributed by atoms with Crippen LogP contribution in [0, 0.1) is 20.2 Å². The summed E-state index contributed by atoms with van der Waals surface area (Å²) in [6.07, 6.45) is 0. The molecule has 0 aliphatic heterocycles. The van der Waals surface area contributed by atoms with E-state index in [1.54, 1.807) is 48.5 Å². The van der Waals surface area contributed by atoms with Gasteiger partial charge in [0.1, 0.15) is 11.5 Å². The summed E-state index contributed by atoms with van der Waals surface area (Å²) in [6.45, 7) is 0. The van der Waals surface area contributed by atoms with Crippen LogP contribution < -0.4 is 9.47 Å². The van der Waals surface area contributed by atoms with Gasteiger partial charge in [-0.15, -0.1) is 0 Å². The number of nitro benzene ring substituents is 2. The average molecular weight is 521 g/mol. The van der Waals surface area contributed by atoms with Gasteiger partial charge in [0.15, 0.2) is 0 Å². The molecule has 0 bridgehead atoms. The summed E-state index contributed by atoms with van der Waals surface area (Å²) in [6, 6.07) is 19.9. The standard InChI is InChI=1S/C26H20N2O8S/c1-35-23-9-5-3-7-19(23)21-15-17(27(29)30)11-13-25(21)37(33,34)26-14-12-18(28(31)32)16-22(26)20-8-4-6-10-24(20)36-2/h3-16H,1-2H3. The van der Waals surface area contributed by atoms with Crippen molar-refractivity contribution in [2.75, 3.05) is 14.2 Å². The molecule has 11 heteroatoms. The van der Waals surface area contributed by atoms with E-state index in [4.69, 9.17) is 9.47 Å². The lowest BCUT2D eigenvalue weighted by Gasteiger charge is -2.17. The van der Waals surface area contributed by atoms with Gasteiger partial charge in [0, 0.05) is 46.5 Å². The number of non-ortho nitro benzene ring substituents is 2. The molecular formula is C26H20N2O8S. The fraction of sp³-hybridized carbons (Fsp3) is 0.0769.